The zero-order valence-corrected chi connectivity index (χ0v) is 8.68. The number of amides is 1. The van der Waals surface area contributed by atoms with E-state index in [0.29, 0.717) is 6.04 Å². The van der Waals surface area contributed by atoms with Crippen molar-refractivity contribution in [2.45, 2.75) is 39.2 Å². The Morgan fingerprint density at radius 2 is 2.38 bits per heavy atom. The molecule has 1 rings (SSSR count). The molecule has 1 heterocycles. The summed E-state index contributed by atoms with van der Waals surface area (Å²) in [6.45, 7) is 6.67. The van der Waals surface area contributed by atoms with Crippen molar-refractivity contribution < 1.29 is 4.79 Å². The Balaban J connectivity index is 2.32. The van der Waals surface area contributed by atoms with Gasteiger partial charge in [-0.1, -0.05) is 6.92 Å². The van der Waals surface area contributed by atoms with Crippen LogP contribution in [0.15, 0.2) is 0 Å². The maximum Gasteiger partial charge on any atom is 0.219 e. The van der Waals surface area contributed by atoms with E-state index in [9.17, 15) is 4.79 Å². The minimum atomic E-state index is 0.204. The Morgan fingerprint density at radius 3 is 2.85 bits per heavy atom. The Hall–Kier alpha value is -0.570. The van der Waals surface area contributed by atoms with Gasteiger partial charge in [0, 0.05) is 26.1 Å². The first-order valence-electron chi connectivity index (χ1n) is 5.23. The summed E-state index contributed by atoms with van der Waals surface area (Å²) in [6.07, 6.45) is 3.52. The maximum absolute atomic E-state index is 11.2. The minimum Gasteiger partial charge on any atom is -0.341 e. The van der Waals surface area contributed by atoms with Crippen molar-refractivity contribution in [2.75, 3.05) is 19.6 Å². The van der Waals surface area contributed by atoms with Crippen molar-refractivity contribution in [3.05, 3.63) is 0 Å². The van der Waals surface area contributed by atoms with Gasteiger partial charge < -0.3 is 10.2 Å². The summed E-state index contributed by atoms with van der Waals surface area (Å²) >= 11 is 0. The lowest BCUT2D eigenvalue weighted by Crippen LogP contribution is -2.40. The normalized spacial score (nSPS) is 21.8. The van der Waals surface area contributed by atoms with Gasteiger partial charge in [0.2, 0.25) is 5.91 Å². The number of hydrogen-bond donors (Lipinski definition) is 1. The zero-order valence-electron chi connectivity index (χ0n) is 8.68. The van der Waals surface area contributed by atoms with E-state index in [4.69, 9.17) is 0 Å². The summed E-state index contributed by atoms with van der Waals surface area (Å²) < 4.78 is 0. The summed E-state index contributed by atoms with van der Waals surface area (Å²) in [5, 5.41) is 3.41. The number of hydrogen-bond acceptors (Lipinski definition) is 2. The molecular weight excluding hydrogens is 164 g/mol. The van der Waals surface area contributed by atoms with Crippen molar-refractivity contribution in [1.29, 1.82) is 0 Å². The minimum absolute atomic E-state index is 0.204. The van der Waals surface area contributed by atoms with E-state index in [1.165, 1.54) is 12.8 Å². The van der Waals surface area contributed by atoms with Crippen molar-refractivity contribution in [3.63, 3.8) is 0 Å². The molecule has 1 atom stereocenters. The molecular formula is C10H20N2O. The van der Waals surface area contributed by atoms with Crippen LogP contribution in [-0.2, 0) is 4.79 Å². The predicted octanol–water partition coefficient (Wildman–Crippen LogP) is 0.997. The fourth-order valence-electron chi connectivity index (χ4n) is 1.83. The SMILES string of the molecule is CCCN(CC1CCCN1)C(C)=O. The monoisotopic (exact) mass is 184 g/mol. The fraction of sp³-hybridized carbons (Fsp3) is 0.900. The highest BCUT2D eigenvalue weighted by molar-refractivity contribution is 5.73. The molecule has 1 fully saturated rings. The first-order valence-corrected chi connectivity index (χ1v) is 5.23. The topological polar surface area (TPSA) is 32.3 Å². The van der Waals surface area contributed by atoms with Crippen molar-refractivity contribution in [3.8, 4) is 0 Å². The molecule has 1 saturated heterocycles. The second kappa shape index (κ2) is 5.22. The summed E-state index contributed by atoms with van der Waals surface area (Å²) in [5.74, 6) is 0.204. The molecule has 1 N–H and O–H groups in total. The molecule has 1 amide bonds. The van der Waals surface area contributed by atoms with Gasteiger partial charge in [-0.15, -0.1) is 0 Å². The van der Waals surface area contributed by atoms with Gasteiger partial charge in [0.15, 0.2) is 0 Å². The number of nitrogens with zero attached hydrogens (tertiary/aromatic N) is 1. The molecule has 0 aliphatic carbocycles. The summed E-state index contributed by atoms with van der Waals surface area (Å²) in [6, 6.07) is 0.537. The number of rotatable bonds is 4. The molecule has 3 heteroatoms. The van der Waals surface area contributed by atoms with Crippen molar-refractivity contribution in [1.82, 2.24) is 10.2 Å². The van der Waals surface area contributed by atoms with Gasteiger partial charge in [-0.05, 0) is 25.8 Å². The Labute approximate surface area is 80.5 Å². The van der Waals surface area contributed by atoms with Gasteiger partial charge >= 0.3 is 0 Å². The highest BCUT2D eigenvalue weighted by atomic mass is 16.2. The lowest BCUT2D eigenvalue weighted by molar-refractivity contribution is -0.129. The van der Waals surface area contributed by atoms with Crippen LogP contribution in [0.2, 0.25) is 0 Å². The van der Waals surface area contributed by atoms with Crippen LogP contribution in [0.25, 0.3) is 0 Å². The van der Waals surface area contributed by atoms with Crippen LogP contribution in [0.1, 0.15) is 33.1 Å². The number of carbonyl (C=O) groups excluding carboxylic acids is 1. The van der Waals surface area contributed by atoms with Gasteiger partial charge in [-0.25, -0.2) is 0 Å². The molecule has 0 aromatic heterocycles. The van der Waals surface area contributed by atoms with Crippen LogP contribution < -0.4 is 5.32 Å². The summed E-state index contributed by atoms with van der Waals surface area (Å²) in [4.78, 5) is 13.2. The molecule has 0 saturated carbocycles. The largest absolute Gasteiger partial charge is 0.341 e. The first-order chi connectivity index (χ1) is 6.24. The molecule has 0 aromatic rings. The van der Waals surface area contributed by atoms with E-state index in [0.717, 1.165) is 26.1 Å². The maximum atomic E-state index is 11.2. The smallest absolute Gasteiger partial charge is 0.219 e. The summed E-state index contributed by atoms with van der Waals surface area (Å²) in [5.41, 5.74) is 0. The second-order valence-electron chi connectivity index (χ2n) is 3.76. The summed E-state index contributed by atoms with van der Waals surface area (Å²) in [7, 11) is 0. The van der Waals surface area contributed by atoms with E-state index in [1.807, 2.05) is 4.90 Å². The Bertz CT molecular complexity index is 164. The second-order valence-corrected chi connectivity index (χ2v) is 3.76. The van der Waals surface area contributed by atoms with E-state index >= 15 is 0 Å². The average molecular weight is 184 g/mol. The third kappa shape index (κ3) is 3.35. The Morgan fingerprint density at radius 1 is 1.62 bits per heavy atom. The molecule has 0 spiro atoms. The van der Waals surface area contributed by atoms with Crippen LogP contribution in [0.5, 0.6) is 0 Å². The lowest BCUT2D eigenvalue weighted by atomic mass is 10.2. The molecule has 1 aliphatic rings. The standard InChI is InChI=1S/C10H20N2O/c1-3-7-12(9(2)13)8-10-5-4-6-11-10/h10-11H,3-8H2,1-2H3. The quantitative estimate of drug-likeness (QED) is 0.707. The van der Waals surface area contributed by atoms with Crippen LogP contribution in [0.3, 0.4) is 0 Å². The van der Waals surface area contributed by atoms with Crippen molar-refractivity contribution in [2.24, 2.45) is 0 Å². The molecule has 0 bridgehead atoms. The van der Waals surface area contributed by atoms with Crippen LogP contribution in [-0.4, -0.2) is 36.5 Å². The molecule has 0 aromatic carbocycles. The van der Waals surface area contributed by atoms with E-state index in [2.05, 4.69) is 12.2 Å². The highest BCUT2D eigenvalue weighted by Crippen LogP contribution is 2.07. The average Bonchev–Trinajstić information content (AvgIpc) is 2.56. The van der Waals surface area contributed by atoms with Gasteiger partial charge in [0.1, 0.15) is 0 Å². The first kappa shape index (κ1) is 10.5. The molecule has 1 aliphatic heterocycles. The van der Waals surface area contributed by atoms with Gasteiger partial charge in [0.25, 0.3) is 0 Å². The molecule has 3 nitrogen and oxygen atoms in total. The van der Waals surface area contributed by atoms with Gasteiger partial charge in [0.05, 0.1) is 0 Å². The molecule has 76 valence electrons. The number of nitrogens with one attached hydrogen (secondary N) is 1. The van der Waals surface area contributed by atoms with Crippen molar-refractivity contribution >= 4 is 5.91 Å². The fourth-order valence-corrected chi connectivity index (χ4v) is 1.83. The lowest BCUT2D eigenvalue weighted by Gasteiger charge is -2.23. The van der Waals surface area contributed by atoms with E-state index in [-0.39, 0.29) is 5.91 Å². The third-order valence-electron chi connectivity index (χ3n) is 2.54. The van der Waals surface area contributed by atoms with Crippen LogP contribution in [0, 0.1) is 0 Å². The Kier molecular flexibility index (Phi) is 4.22. The van der Waals surface area contributed by atoms with E-state index < -0.39 is 0 Å². The zero-order chi connectivity index (χ0) is 9.68. The predicted molar refractivity (Wildman–Crippen MR) is 53.6 cm³/mol. The number of carbonyl (C=O) groups is 1. The van der Waals surface area contributed by atoms with Crippen LogP contribution in [0.4, 0.5) is 0 Å². The highest BCUT2D eigenvalue weighted by Gasteiger charge is 2.18. The third-order valence-corrected chi connectivity index (χ3v) is 2.54. The van der Waals surface area contributed by atoms with E-state index in [1.54, 1.807) is 6.92 Å². The molecule has 0 radical (unpaired) electrons. The van der Waals surface area contributed by atoms with Crippen LogP contribution >= 0.6 is 0 Å². The molecule has 13 heavy (non-hydrogen) atoms. The van der Waals surface area contributed by atoms with Gasteiger partial charge in [-0.2, -0.15) is 0 Å². The molecule has 1 unspecified atom stereocenters. The van der Waals surface area contributed by atoms with Gasteiger partial charge in [-0.3, -0.25) is 4.79 Å².